The van der Waals surface area contributed by atoms with Crippen molar-refractivity contribution in [1.29, 1.82) is 0 Å². The van der Waals surface area contributed by atoms with Gasteiger partial charge >= 0.3 is 0 Å². The molecule has 1 aromatic rings. The molecule has 1 N–H and O–H groups in total. The second-order valence-corrected chi connectivity index (χ2v) is 4.83. The summed E-state index contributed by atoms with van der Waals surface area (Å²) in [5.41, 5.74) is 5.76. The predicted octanol–water partition coefficient (Wildman–Crippen LogP) is 3.22. The minimum Gasteiger partial charge on any atom is -0.316 e. The second kappa shape index (κ2) is 5.32. The number of benzene rings is 1. The average Bonchev–Trinajstić information content (AvgIpc) is 2.13. The van der Waals surface area contributed by atoms with E-state index in [1.165, 1.54) is 28.7 Å². The summed E-state index contributed by atoms with van der Waals surface area (Å²) in [6, 6.07) is 4.67. The Morgan fingerprint density at radius 1 is 1.07 bits per heavy atom. The normalized spacial score (nSPS) is 11.1. The van der Waals surface area contributed by atoms with Crippen molar-refractivity contribution in [2.24, 2.45) is 5.92 Å². The van der Waals surface area contributed by atoms with E-state index in [1.807, 2.05) is 7.05 Å². The first-order chi connectivity index (χ1) is 7.04. The first kappa shape index (κ1) is 12.3. The number of hydrogen-bond acceptors (Lipinski definition) is 1. The zero-order valence-electron chi connectivity index (χ0n) is 10.6. The molecular weight excluding hydrogens is 182 g/mol. The van der Waals surface area contributed by atoms with Crippen molar-refractivity contribution in [3.63, 3.8) is 0 Å². The zero-order chi connectivity index (χ0) is 11.4. The van der Waals surface area contributed by atoms with Gasteiger partial charge in [0.05, 0.1) is 0 Å². The Hall–Kier alpha value is -0.820. The third-order valence-electron chi connectivity index (χ3n) is 2.79. The molecule has 0 atom stereocenters. The SMILES string of the molecule is CNCc1cc(C)c(CC(C)C)cc1C. The summed E-state index contributed by atoms with van der Waals surface area (Å²) in [6.45, 7) is 9.94. The molecule has 0 aliphatic carbocycles. The lowest BCUT2D eigenvalue weighted by molar-refractivity contribution is 0.644. The van der Waals surface area contributed by atoms with Crippen LogP contribution in [0.3, 0.4) is 0 Å². The summed E-state index contributed by atoms with van der Waals surface area (Å²) >= 11 is 0. The van der Waals surface area contributed by atoms with E-state index in [1.54, 1.807) is 0 Å². The molecule has 15 heavy (non-hydrogen) atoms. The molecule has 0 unspecified atom stereocenters. The molecule has 0 fully saturated rings. The summed E-state index contributed by atoms with van der Waals surface area (Å²) < 4.78 is 0. The number of rotatable bonds is 4. The van der Waals surface area contributed by atoms with E-state index in [0.717, 1.165) is 12.5 Å². The molecule has 0 amide bonds. The maximum absolute atomic E-state index is 3.21. The molecule has 0 aliphatic rings. The van der Waals surface area contributed by atoms with Gasteiger partial charge in [0.25, 0.3) is 0 Å². The summed E-state index contributed by atoms with van der Waals surface area (Å²) in [4.78, 5) is 0. The highest BCUT2D eigenvalue weighted by atomic mass is 14.8. The number of hydrogen-bond donors (Lipinski definition) is 1. The van der Waals surface area contributed by atoms with Crippen molar-refractivity contribution in [2.45, 2.75) is 40.7 Å². The zero-order valence-corrected chi connectivity index (χ0v) is 10.6. The molecule has 0 saturated heterocycles. The van der Waals surface area contributed by atoms with E-state index in [9.17, 15) is 0 Å². The Morgan fingerprint density at radius 2 is 1.60 bits per heavy atom. The third-order valence-corrected chi connectivity index (χ3v) is 2.79. The van der Waals surface area contributed by atoms with E-state index in [-0.39, 0.29) is 0 Å². The van der Waals surface area contributed by atoms with Gasteiger partial charge in [-0.1, -0.05) is 26.0 Å². The molecule has 0 aromatic heterocycles. The van der Waals surface area contributed by atoms with Crippen LogP contribution in [-0.2, 0) is 13.0 Å². The van der Waals surface area contributed by atoms with Crippen LogP contribution in [0.1, 0.15) is 36.1 Å². The number of nitrogens with one attached hydrogen (secondary N) is 1. The number of aryl methyl sites for hydroxylation is 2. The van der Waals surface area contributed by atoms with Gasteiger partial charge in [0, 0.05) is 6.54 Å². The highest BCUT2D eigenvalue weighted by Gasteiger charge is 2.05. The van der Waals surface area contributed by atoms with Gasteiger partial charge in [0.15, 0.2) is 0 Å². The topological polar surface area (TPSA) is 12.0 Å². The molecule has 1 nitrogen and oxygen atoms in total. The molecule has 0 aliphatic heterocycles. The summed E-state index contributed by atoms with van der Waals surface area (Å²) in [5.74, 6) is 0.734. The van der Waals surface area contributed by atoms with Gasteiger partial charge in [-0.05, 0) is 55.5 Å². The van der Waals surface area contributed by atoms with Gasteiger partial charge in [0.2, 0.25) is 0 Å². The highest BCUT2D eigenvalue weighted by molar-refractivity contribution is 5.37. The fourth-order valence-electron chi connectivity index (χ4n) is 1.98. The largest absolute Gasteiger partial charge is 0.316 e. The Labute approximate surface area is 93.9 Å². The predicted molar refractivity (Wildman–Crippen MR) is 67.2 cm³/mol. The Balaban J connectivity index is 2.97. The van der Waals surface area contributed by atoms with Gasteiger partial charge in [-0.3, -0.25) is 0 Å². The van der Waals surface area contributed by atoms with Crippen LogP contribution in [0.15, 0.2) is 12.1 Å². The Bertz CT molecular complexity index is 326. The van der Waals surface area contributed by atoms with Gasteiger partial charge in [-0.2, -0.15) is 0 Å². The minimum absolute atomic E-state index is 0.734. The van der Waals surface area contributed by atoms with E-state index in [2.05, 4.69) is 45.1 Å². The maximum Gasteiger partial charge on any atom is 0.0205 e. The van der Waals surface area contributed by atoms with E-state index in [4.69, 9.17) is 0 Å². The van der Waals surface area contributed by atoms with Crippen LogP contribution in [0.5, 0.6) is 0 Å². The van der Waals surface area contributed by atoms with Gasteiger partial charge in [0.1, 0.15) is 0 Å². The summed E-state index contributed by atoms with van der Waals surface area (Å²) in [5, 5.41) is 3.21. The first-order valence-electron chi connectivity index (χ1n) is 5.78. The molecule has 84 valence electrons. The lowest BCUT2D eigenvalue weighted by Crippen LogP contribution is -2.08. The lowest BCUT2D eigenvalue weighted by atomic mass is 9.94. The molecule has 0 radical (unpaired) electrons. The van der Waals surface area contributed by atoms with Crippen molar-refractivity contribution in [2.75, 3.05) is 7.05 Å². The fraction of sp³-hybridized carbons (Fsp3) is 0.571. The highest BCUT2D eigenvalue weighted by Crippen LogP contribution is 2.19. The van der Waals surface area contributed by atoms with Crippen LogP contribution in [0.4, 0.5) is 0 Å². The smallest absolute Gasteiger partial charge is 0.0205 e. The van der Waals surface area contributed by atoms with E-state index < -0.39 is 0 Å². The van der Waals surface area contributed by atoms with Crippen molar-refractivity contribution in [3.8, 4) is 0 Å². The van der Waals surface area contributed by atoms with Crippen LogP contribution in [0, 0.1) is 19.8 Å². The van der Waals surface area contributed by atoms with Crippen molar-refractivity contribution in [3.05, 3.63) is 34.4 Å². The van der Waals surface area contributed by atoms with Gasteiger partial charge in [-0.15, -0.1) is 0 Å². The average molecular weight is 205 g/mol. The van der Waals surface area contributed by atoms with Gasteiger partial charge < -0.3 is 5.32 Å². The molecule has 0 spiro atoms. The van der Waals surface area contributed by atoms with E-state index >= 15 is 0 Å². The Kier molecular flexibility index (Phi) is 4.34. The molecule has 0 bridgehead atoms. The van der Waals surface area contributed by atoms with Crippen LogP contribution in [-0.4, -0.2) is 7.05 Å². The second-order valence-electron chi connectivity index (χ2n) is 4.83. The monoisotopic (exact) mass is 205 g/mol. The molecule has 1 aromatic carbocycles. The molecule has 0 saturated carbocycles. The quantitative estimate of drug-likeness (QED) is 0.796. The van der Waals surface area contributed by atoms with Crippen LogP contribution >= 0.6 is 0 Å². The molecule has 1 heteroatoms. The maximum atomic E-state index is 3.21. The van der Waals surface area contributed by atoms with Crippen molar-refractivity contribution >= 4 is 0 Å². The molecule has 1 rings (SSSR count). The molecular formula is C14H23N. The third kappa shape index (κ3) is 3.35. The summed E-state index contributed by atoms with van der Waals surface area (Å²) in [7, 11) is 2.00. The van der Waals surface area contributed by atoms with Crippen LogP contribution in [0.25, 0.3) is 0 Å². The van der Waals surface area contributed by atoms with E-state index in [0.29, 0.717) is 0 Å². The first-order valence-corrected chi connectivity index (χ1v) is 5.78. The minimum atomic E-state index is 0.734. The fourth-order valence-corrected chi connectivity index (χ4v) is 1.98. The van der Waals surface area contributed by atoms with Crippen molar-refractivity contribution < 1.29 is 0 Å². The molecule has 0 heterocycles. The van der Waals surface area contributed by atoms with Crippen molar-refractivity contribution in [1.82, 2.24) is 5.32 Å². The van der Waals surface area contributed by atoms with Crippen LogP contribution < -0.4 is 5.32 Å². The standard InChI is InChI=1S/C14H23N/c1-10(2)6-13-7-12(4)14(9-15-5)8-11(13)3/h7-8,10,15H,6,9H2,1-5H3. The van der Waals surface area contributed by atoms with Gasteiger partial charge in [-0.25, -0.2) is 0 Å². The summed E-state index contributed by atoms with van der Waals surface area (Å²) in [6.07, 6.45) is 1.19. The Morgan fingerprint density at radius 3 is 2.13 bits per heavy atom. The lowest BCUT2D eigenvalue weighted by Gasteiger charge is -2.13. The van der Waals surface area contributed by atoms with Crippen LogP contribution in [0.2, 0.25) is 0 Å².